The molecule has 0 aliphatic rings. The van der Waals surface area contributed by atoms with Gasteiger partial charge in [0.15, 0.2) is 0 Å². The van der Waals surface area contributed by atoms with Gasteiger partial charge in [-0.05, 0) is 41.9 Å². The second-order valence-corrected chi connectivity index (χ2v) is 10.2. The molecular formula is C27H44N4O6. The molecule has 6 unspecified atom stereocenters. The lowest BCUT2D eigenvalue weighted by Gasteiger charge is -2.29. The van der Waals surface area contributed by atoms with Gasteiger partial charge in [0.2, 0.25) is 17.7 Å². The zero-order chi connectivity index (χ0) is 28.3. The van der Waals surface area contributed by atoms with Gasteiger partial charge in [-0.1, -0.05) is 66.5 Å². The van der Waals surface area contributed by atoms with Gasteiger partial charge in [0.1, 0.15) is 23.9 Å². The highest BCUT2D eigenvalue weighted by atomic mass is 16.4. The number of rotatable bonds is 15. The molecule has 0 aliphatic heterocycles. The average molecular weight is 521 g/mol. The zero-order valence-corrected chi connectivity index (χ0v) is 22.8. The predicted molar refractivity (Wildman–Crippen MR) is 142 cm³/mol. The minimum absolute atomic E-state index is 0.00204. The van der Waals surface area contributed by atoms with E-state index in [0.717, 1.165) is 0 Å². The molecular weight excluding hydrogens is 476 g/mol. The molecule has 0 spiro atoms. The average Bonchev–Trinajstić information content (AvgIpc) is 2.85. The molecule has 3 amide bonds. The Bertz CT molecular complexity index is 905. The Labute approximate surface area is 219 Å². The van der Waals surface area contributed by atoms with Crippen molar-refractivity contribution in [2.75, 3.05) is 0 Å². The van der Waals surface area contributed by atoms with Gasteiger partial charge in [-0.15, -0.1) is 0 Å². The third-order valence-electron chi connectivity index (χ3n) is 6.68. The van der Waals surface area contributed by atoms with Gasteiger partial charge >= 0.3 is 5.97 Å². The number of carbonyl (C=O) groups excluding carboxylic acids is 3. The van der Waals surface area contributed by atoms with Crippen LogP contribution in [0, 0.1) is 17.8 Å². The number of carbonyl (C=O) groups is 4. The fraction of sp³-hybridized carbons (Fsp3) is 0.630. The summed E-state index contributed by atoms with van der Waals surface area (Å²) in [5, 5.41) is 27.2. The topological polar surface area (TPSA) is 171 Å². The Morgan fingerprint density at radius 3 is 1.84 bits per heavy atom. The third kappa shape index (κ3) is 10.4. The van der Waals surface area contributed by atoms with E-state index in [4.69, 9.17) is 5.73 Å². The molecule has 0 saturated carbocycles. The number of phenolic OH excluding ortho intramolecular Hbond substituents is 1. The van der Waals surface area contributed by atoms with Crippen LogP contribution < -0.4 is 21.7 Å². The van der Waals surface area contributed by atoms with E-state index in [1.165, 1.54) is 12.1 Å². The van der Waals surface area contributed by atoms with Crippen LogP contribution in [0.5, 0.6) is 5.75 Å². The number of nitrogens with one attached hydrogen (secondary N) is 3. The van der Waals surface area contributed by atoms with Gasteiger partial charge in [-0.3, -0.25) is 14.4 Å². The number of aromatic hydroxyl groups is 1. The summed E-state index contributed by atoms with van der Waals surface area (Å²) in [6.07, 6.45) is 1.61. The van der Waals surface area contributed by atoms with E-state index in [1.807, 2.05) is 34.6 Å². The smallest absolute Gasteiger partial charge is 0.326 e. The van der Waals surface area contributed by atoms with E-state index in [0.29, 0.717) is 24.8 Å². The third-order valence-corrected chi connectivity index (χ3v) is 6.68. The number of benzene rings is 1. The Hall–Kier alpha value is -3.14. The standard InChI is InChI=1S/C27H44N4O6/c1-7-16(5)22(28)25(34)29-20(13-15(3)4)24(33)31-23(17(6)8-2)26(35)30-21(27(36)37)14-18-9-11-19(32)12-10-18/h9-12,15-17,20-23,32H,7-8,13-14,28H2,1-6H3,(H,29,34)(H,30,35)(H,31,33)(H,36,37). The van der Waals surface area contributed by atoms with Gasteiger partial charge in [0.25, 0.3) is 0 Å². The van der Waals surface area contributed by atoms with Crippen molar-refractivity contribution in [1.82, 2.24) is 16.0 Å². The van der Waals surface area contributed by atoms with Crippen LogP contribution in [-0.4, -0.2) is 58.1 Å². The molecule has 0 saturated heterocycles. The van der Waals surface area contributed by atoms with Gasteiger partial charge in [0.05, 0.1) is 6.04 Å². The molecule has 10 heteroatoms. The molecule has 0 bridgehead atoms. The molecule has 7 N–H and O–H groups in total. The molecule has 0 aromatic heterocycles. The highest BCUT2D eigenvalue weighted by Gasteiger charge is 2.33. The van der Waals surface area contributed by atoms with Gasteiger partial charge < -0.3 is 31.9 Å². The quantitative estimate of drug-likeness (QED) is 0.205. The normalized spacial score (nSPS) is 16.1. The summed E-state index contributed by atoms with van der Waals surface area (Å²) in [6.45, 7) is 11.3. The molecule has 1 aromatic rings. The van der Waals surface area contributed by atoms with Crippen LogP contribution >= 0.6 is 0 Å². The number of hydrogen-bond donors (Lipinski definition) is 6. The van der Waals surface area contributed by atoms with E-state index in [2.05, 4.69) is 16.0 Å². The Morgan fingerprint density at radius 1 is 0.811 bits per heavy atom. The number of carboxylic acids is 1. The van der Waals surface area contributed by atoms with E-state index in [-0.39, 0.29) is 29.9 Å². The molecule has 37 heavy (non-hydrogen) atoms. The van der Waals surface area contributed by atoms with Gasteiger partial charge in [-0.25, -0.2) is 4.79 Å². The zero-order valence-electron chi connectivity index (χ0n) is 22.8. The predicted octanol–water partition coefficient (Wildman–Crippen LogP) is 1.94. The lowest BCUT2D eigenvalue weighted by Crippen LogP contribution is -2.59. The van der Waals surface area contributed by atoms with Gasteiger partial charge in [-0.2, -0.15) is 0 Å². The van der Waals surface area contributed by atoms with Crippen molar-refractivity contribution in [3.8, 4) is 5.75 Å². The van der Waals surface area contributed by atoms with Crippen molar-refractivity contribution in [2.24, 2.45) is 23.5 Å². The Balaban J connectivity index is 3.05. The number of carboxylic acid groups (broad SMARTS) is 1. The summed E-state index contributed by atoms with van der Waals surface area (Å²) >= 11 is 0. The highest BCUT2D eigenvalue weighted by molar-refractivity contribution is 5.94. The van der Waals surface area contributed by atoms with Crippen LogP contribution in [-0.2, 0) is 25.6 Å². The maximum absolute atomic E-state index is 13.3. The van der Waals surface area contributed by atoms with E-state index in [1.54, 1.807) is 19.1 Å². The maximum atomic E-state index is 13.3. The largest absolute Gasteiger partial charge is 0.508 e. The fourth-order valence-electron chi connectivity index (χ4n) is 3.77. The number of phenols is 1. The maximum Gasteiger partial charge on any atom is 0.326 e. The minimum Gasteiger partial charge on any atom is -0.508 e. The van der Waals surface area contributed by atoms with Crippen LogP contribution in [0.3, 0.4) is 0 Å². The van der Waals surface area contributed by atoms with Crippen LogP contribution in [0.1, 0.15) is 66.4 Å². The van der Waals surface area contributed by atoms with Crippen LogP contribution in [0.15, 0.2) is 24.3 Å². The van der Waals surface area contributed by atoms with Crippen molar-refractivity contribution in [3.63, 3.8) is 0 Å². The lowest BCUT2D eigenvalue weighted by molar-refractivity contribution is -0.142. The summed E-state index contributed by atoms with van der Waals surface area (Å²) in [4.78, 5) is 51.0. The highest BCUT2D eigenvalue weighted by Crippen LogP contribution is 2.14. The molecule has 208 valence electrons. The lowest BCUT2D eigenvalue weighted by atomic mass is 9.95. The Kier molecular flexibility index (Phi) is 13.1. The van der Waals surface area contributed by atoms with Crippen molar-refractivity contribution in [3.05, 3.63) is 29.8 Å². The van der Waals surface area contributed by atoms with Crippen LogP contribution in [0.2, 0.25) is 0 Å². The fourth-order valence-corrected chi connectivity index (χ4v) is 3.77. The first kappa shape index (κ1) is 31.9. The second-order valence-electron chi connectivity index (χ2n) is 10.2. The van der Waals surface area contributed by atoms with E-state index in [9.17, 15) is 29.4 Å². The first-order valence-electron chi connectivity index (χ1n) is 13.0. The van der Waals surface area contributed by atoms with Crippen molar-refractivity contribution in [2.45, 2.75) is 91.4 Å². The molecule has 0 aliphatic carbocycles. The van der Waals surface area contributed by atoms with Gasteiger partial charge in [0, 0.05) is 6.42 Å². The van der Waals surface area contributed by atoms with Crippen LogP contribution in [0.25, 0.3) is 0 Å². The summed E-state index contributed by atoms with van der Waals surface area (Å²) in [5.74, 6) is -3.04. The number of nitrogens with two attached hydrogens (primary N) is 1. The van der Waals surface area contributed by atoms with Crippen LogP contribution in [0.4, 0.5) is 0 Å². The summed E-state index contributed by atoms with van der Waals surface area (Å²) in [6, 6.07) is 2.13. The second kappa shape index (κ2) is 15.2. The first-order valence-corrected chi connectivity index (χ1v) is 13.0. The molecule has 1 aromatic carbocycles. The van der Waals surface area contributed by atoms with Crippen molar-refractivity contribution >= 4 is 23.7 Å². The van der Waals surface area contributed by atoms with Crippen molar-refractivity contribution in [1.29, 1.82) is 0 Å². The first-order chi connectivity index (χ1) is 17.3. The monoisotopic (exact) mass is 520 g/mol. The van der Waals surface area contributed by atoms with E-state index < -0.39 is 47.9 Å². The van der Waals surface area contributed by atoms with Crippen molar-refractivity contribution < 1.29 is 29.4 Å². The number of aliphatic carboxylic acids is 1. The summed E-state index contributed by atoms with van der Waals surface area (Å²) in [7, 11) is 0. The molecule has 0 fully saturated rings. The SMILES string of the molecule is CCC(C)C(N)C(=O)NC(CC(C)C)C(=O)NC(C(=O)NC(Cc1ccc(O)cc1)C(=O)O)C(C)CC. The number of amides is 3. The molecule has 6 atom stereocenters. The molecule has 0 radical (unpaired) electrons. The minimum atomic E-state index is -1.24. The molecule has 1 rings (SSSR count). The van der Waals surface area contributed by atoms with E-state index >= 15 is 0 Å². The summed E-state index contributed by atoms with van der Waals surface area (Å²) in [5.41, 5.74) is 6.66. The molecule has 0 heterocycles. The molecule has 10 nitrogen and oxygen atoms in total. The Morgan fingerprint density at radius 2 is 1.35 bits per heavy atom. The number of hydrogen-bond acceptors (Lipinski definition) is 6. The summed E-state index contributed by atoms with van der Waals surface area (Å²) < 4.78 is 0.